The maximum Gasteiger partial charge on any atom is 0.158 e. The minimum atomic E-state index is -0.126. The molecule has 1 saturated carbocycles. The summed E-state index contributed by atoms with van der Waals surface area (Å²) < 4.78 is 0. The zero-order valence-electron chi connectivity index (χ0n) is 14.6. The van der Waals surface area contributed by atoms with Crippen LogP contribution in [0.2, 0.25) is 0 Å². The Bertz CT molecular complexity index is 389. The number of carbonyl (C=O) groups is 1. The molecule has 2 fully saturated rings. The van der Waals surface area contributed by atoms with Crippen LogP contribution >= 0.6 is 0 Å². The minimum absolute atomic E-state index is 0.126. The number of carbonyl (C=O) groups excluding carboxylic acids is 1. The molecule has 1 aliphatic heterocycles. The molecule has 0 bridgehead atoms. The molecule has 3 nitrogen and oxygen atoms in total. The number of rotatable bonds is 4. The first-order chi connectivity index (χ1) is 10.4. The largest absolute Gasteiger partial charge is 0.393 e. The normalized spacial score (nSPS) is 29.1. The number of likely N-dealkylation sites (tertiary alicyclic amines) is 1. The van der Waals surface area contributed by atoms with Gasteiger partial charge in [0.15, 0.2) is 5.78 Å². The van der Waals surface area contributed by atoms with Crippen LogP contribution in [0.5, 0.6) is 0 Å². The molecule has 2 atom stereocenters. The molecule has 0 aromatic rings. The van der Waals surface area contributed by atoms with E-state index in [9.17, 15) is 9.90 Å². The lowest BCUT2D eigenvalue weighted by Gasteiger charge is -2.37. The second-order valence-electron chi connectivity index (χ2n) is 8.26. The zero-order chi connectivity index (χ0) is 16.2. The van der Waals surface area contributed by atoms with Crippen LogP contribution in [-0.2, 0) is 4.79 Å². The van der Waals surface area contributed by atoms with Gasteiger partial charge in [-0.2, -0.15) is 0 Å². The number of hydrogen-bond acceptors (Lipinski definition) is 3. The Morgan fingerprint density at radius 2 is 1.86 bits per heavy atom. The van der Waals surface area contributed by atoms with Gasteiger partial charge in [0.05, 0.1) is 6.10 Å². The second kappa shape index (κ2) is 7.74. The van der Waals surface area contributed by atoms with Gasteiger partial charge in [-0.15, -0.1) is 0 Å². The van der Waals surface area contributed by atoms with Gasteiger partial charge in [-0.25, -0.2) is 0 Å². The van der Waals surface area contributed by atoms with Crippen molar-refractivity contribution < 1.29 is 9.90 Å². The molecule has 1 heterocycles. The highest BCUT2D eigenvalue weighted by atomic mass is 16.3. The van der Waals surface area contributed by atoms with Crippen molar-refractivity contribution in [3.05, 3.63) is 12.2 Å². The van der Waals surface area contributed by atoms with Crippen LogP contribution in [0.25, 0.3) is 0 Å². The molecule has 1 saturated heterocycles. The van der Waals surface area contributed by atoms with Gasteiger partial charge in [-0.3, -0.25) is 9.69 Å². The molecule has 2 unspecified atom stereocenters. The lowest BCUT2D eigenvalue weighted by Crippen LogP contribution is -2.35. The highest BCUT2D eigenvalue weighted by molar-refractivity contribution is 5.91. The van der Waals surface area contributed by atoms with Crippen molar-refractivity contribution in [1.29, 1.82) is 0 Å². The quantitative estimate of drug-likeness (QED) is 0.809. The predicted octanol–water partition coefficient (Wildman–Crippen LogP) is 3.42. The van der Waals surface area contributed by atoms with Crippen LogP contribution in [0.15, 0.2) is 12.2 Å². The monoisotopic (exact) mass is 307 g/mol. The third kappa shape index (κ3) is 5.20. The van der Waals surface area contributed by atoms with Crippen molar-refractivity contribution >= 4 is 5.78 Å². The highest BCUT2D eigenvalue weighted by Crippen LogP contribution is 2.40. The maximum absolute atomic E-state index is 12.4. The molecule has 1 N–H and O–H groups in total. The van der Waals surface area contributed by atoms with E-state index >= 15 is 0 Å². The average molecular weight is 307 g/mol. The number of ketones is 1. The zero-order valence-corrected chi connectivity index (χ0v) is 14.6. The van der Waals surface area contributed by atoms with Gasteiger partial charge in [0.2, 0.25) is 0 Å². The van der Waals surface area contributed by atoms with Gasteiger partial charge in [0, 0.05) is 25.6 Å². The van der Waals surface area contributed by atoms with Crippen LogP contribution in [0.1, 0.15) is 59.3 Å². The van der Waals surface area contributed by atoms with Crippen molar-refractivity contribution in [3.63, 3.8) is 0 Å². The summed E-state index contributed by atoms with van der Waals surface area (Å²) in [5.74, 6) is 1.23. The van der Waals surface area contributed by atoms with E-state index < -0.39 is 0 Å². The van der Waals surface area contributed by atoms with Gasteiger partial charge in [-0.05, 0) is 49.5 Å². The van der Waals surface area contributed by atoms with E-state index in [1.807, 2.05) is 12.2 Å². The summed E-state index contributed by atoms with van der Waals surface area (Å²) in [7, 11) is 0. The molecule has 126 valence electrons. The summed E-state index contributed by atoms with van der Waals surface area (Å²) in [6.07, 6.45) is 10.0. The van der Waals surface area contributed by atoms with Crippen molar-refractivity contribution in [2.24, 2.45) is 17.3 Å². The van der Waals surface area contributed by atoms with E-state index in [0.29, 0.717) is 17.1 Å². The summed E-state index contributed by atoms with van der Waals surface area (Å²) in [4.78, 5) is 14.7. The third-order valence-electron chi connectivity index (χ3n) is 5.50. The Morgan fingerprint density at radius 1 is 1.18 bits per heavy atom. The van der Waals surface area contributed by atoms with Crippen LogP contribution in [0, 0.1) is 17.3 Å². The van der Waals surface area contributed by atoms with Crippen LogP contribution in [0.3, 0.4) is 0 Å². The van der Waals surface area contributed by atoms with Crippen LogP contribution < -0.4 is 0 Å². The smallest absolute Gasteiger partial charge is 0.158 e. The average Bonchev–Trinajstić information content (AvgIpc) is 2.48. The molecule has 0 aromatic carbocycles. The summed E-state index contributed by atoms with van der Waals surface area (Å²) >= 11 is 0. The van der Waals surface area contributed by atoms with E-state index in [-0.39, 0.29) is 12.0 Å². The number of aliphatic hydroxyl groups is 1. The predicted molar refractivity (Wildman–Crippen MR) is 90.7 cm³/mol. The van der Waals surface area contributed by atoms with Gasteiger partial charge in [0.25, 0.3) is 0 Å². The fraction of sp³-hybridized carbons (Fsp3) is 0.842. The van der Waals surface area contributed by atoms with Crippen molar-refractivity contribution in [2.75, 3.05) is 19.6 Å². The molecule has 0 spiro atoms. The fourth-order valence-corrected chi connectivity index (χ4v) is 3.79. The third-order valence-corrected chi connectivity index (χ3v) is 5.50. The molecule has 0 amide bonds. The first-order valence-corrected chi connectivity index (χ1v) is 8.97. The molecule has 22 heavy (non-hydrogen) atoms. The molecular weight excluding hydrogens is 274 g/mol. The van der Waals surface area contributed by atoms with E-state index in [2.05, 4.69) is 25.7 Å². The fourth-order valence-electron chi connectivity index (χ4n) is 3.79. The van der Waals surface area contributed by atoms with Crippen molar-refractivity contribution in [3.8, 4) is 0 Å². The lowest BCUT2D eigenvalue weighted by atomic mass is 9.68. The summed E-state index contributed by atoms with van der Waals surface area (Å²) in [5.41, 5.74) is 0.317. The van der Waals surface area contributed by atoms with Crippen molar-refractivity contribution in [1.82, 2.24) is 4.90 Å². The highest BCUT2D eigenvalue weighted by Gasteiger charge is 2.32. The van der Waals surface area contributed by atoms with Gasteiger partial charge >= 0.3 is 0 Å². The van der Waals surface area contributed by atoms with E-state index in [0.717, 1.165) is 45.3 Å². The van der Waals surface area contributed by atoms with E-state index in [1.165, 1.54) is 12.8 Å². The maximum atomic E-state index is 12.4. The van der Waals surface area contributed by atoms with Crippen molar-refractivity contribution in [2.45, 2.75) is 65.4 Å². The SMILES string of the molecule is CC(C)(C)C1CCCC(C(=O)/C=C/CN2CCC(O)CC2)C1. The van der Waals surface area contributed by atoms with E-state index in [4.69, 9.17) is 0 Å². The summed E-state index contributed by atoms with van der Waals surface area (Å²) in [6.45, 7) is 9.61. The Kier molecular flexibility index (Phi) is 6.22. The Morgan fingerprint density at radius 3 is 2.50 bits per heavy atom. The Labute approximate surface area is 135 Å². The van der Waals surface area contributed by atoms with Crippen LogP contribution in [0.4, 0.5) is 0 Å². The molecular formula is C19H33NO2. The Balaban J connectivity index is 1.77. The second-order valence-corrected chi connectivity index (χ2v) is 8.26. The number of piperidine rings is 1. The molecule has 2 rings (SSSR count). The molecule has 1 aliphatic carbocycles. The topological polar surface area (TPSA) is 40.5 Å². The first-order valence-electron chi connectivity index (χ1n) is 8.97. The molecule has 0 radical (unpaired) electrons. The number of allylic oxidation sites excluding steroid dienone is 1. The van der Waals surface area contributed by atoms with Gasteiger partial charge in [-0.1, -0.05) is 33.3 Å². The van der Waals surface area contributed by atoms with Gasteiger partial charge < -0.3 is 5.11 Å². The number of aliphatic hydroxyl groups excluding tert-OH is 1. The van der Waals surface area contributed by atoms with Gasteiger partial charge in [0.1, 0.15) is 0 Å². The standard InChI is InChI=1S/C19H33NO2/c1-19(2,3)16-7-4-6-15(14-16)18(22)8-5-11-20-12-9-17(21)10-13-20/h5,8,15-17,21H,4,6-7,9-14H2,1-3H3/b8-5+. The molecule has 3 heteroatoms. The number of hydrogen-bond donors (Lipinski definition) is 1. The lowest BCUT2D eigenvalue weighted by molar-refractivity contribution is -0.120. The molecule has 2 aliphatic rings. The first kappa shape index (κ1) is 17.7. The number of nitrogens with zero attached hydrogens (tertiary/aromatic N) is 1. The summed E-state index contributed by atoms with van der Waals surface area (Å²) in [5, 5.41) is 9.50. The van der Waals surface area contributed by atoms with E-state index in [1.54, 1.807) is 0 Å². The molecule has 0 aromatic heterocycles. The Hall–Kier alpha value is -0.670. The summed E-state index contributed by atoms with van der Waals surface area (Å²) in [6, 6.07) is 0. The minimum Gasteiger partial charge on any atom is -0.393 e. The van der Waals surface area contributed by atoms with Crippen LogP contribution in [-0.4, -0.2) is 41.5 Å².